The summed E-state index contributed by atoms with van der Waals surface area (Å²) in [6.45, 7) is 49.6. The van der Waals surface area contributed by atoms with E-state index in [-0.39, 0.29) is 7.43 Å². The first-order valence-electron chi connectivity index (χ1n) is 29.4. The highest BCUT2D eigenvalue weighted by Crippen LogP contribution is 2.42. The van der Waals surface area contributed by atoms with E-state index in [1.54, 1.807) is 0 Å². The van der Waals surface area contributed by atoms with Gasteiger partial charge in [0.2, 0.25) is 0 Å². The standard InChI is InChI=1S/C14H29N.C13H27N.2C12H25N.C11H23N.CH4/c1-6-15(7-2)13-10-8-12(9-11-13)14(3,4)5;1-6-14(5)12-9-7-11(8-10-12)13(2,3)4;1-12(2,3)10-6-8-11(9-7-10)13(4)5;1-5-13-11-8-6-10(7-9-11)12(2,3)4;1-11(2,3)9-5-7-10(12-4)8-6-9;/h12-13H,6-11H2,1-5H3;11-12H,6-10H2,1-5H3;10-11H,6-9H2,1-5H3;10-11,13H,5-9H2,1-4H3;9-10,12H,5-8H2,1-4H3;1H4. The molecule has 0 aromatic rings. The first kappa shape index (κ1) is 67.8. The maximum absolute atomic E-state index is 3.56. The molecule has 5 nitrogen and oxygen atoms in total. The van der Waals surface area contributed by atoms with Crippen LogP contribution in [0.15, 0.2) is 0 Å². The van der Waals surface area contributed by atoms with Crippen LogP contribution in [0.4, 0.5) is 0 Å². The first-order chi connectivity index (χ1) is 30.9. The van der Waals surface area contributed by atoms with E-state index < -0.39 is 0 Å². The molecule has 5 saturated carbocycles. The number of hydrogen-bond acceptors (Lipinski definition) is 5. The zero-order valence-electron chi connectivity index (χ0n) is 50.6. The van der Waals surface area contributed by atoms with Gasteiger partial charge in [0.15, 0.2) is 0 Å². The minimum Gasteiger partial charge on any atom is -0.317 e. The fourth-order valence-corrected chi connectivity index (χ4v) is 12.8. The molecule has 0 saturated heterocycles. The molecule has 5 fully saturated rings. The summed E-state index contributed by atoms with van der Waals surface area (Å²) >= 11 is 0. The minimum absolute atomic E-state index is 0. The lowest BCUT2D eigenvalue weighted by molar-refractivity contribution is 0.102. The van der Waals surface area contributed by atoms with Crippen molar-refractivity contribution in [1.29, 1.82) is 0 Å². The summed E-state index contributed by atoms with van der Waals surface area (Å²) in [5.74, 6) is 4.74. The van der Waals surface area contributed by atoms with Crippen molar-refractivity contribution in [2.75, 3.05) is 54.4 Å². The van der Waals surface area contributed by atoms with Crippen molar-refractivity contribution in [3.05, 3.63) is 0 Å². The third kappa shape index (κ3) is 26.1. The van der Waals surface area contributed by atoms with Crippen LogP contribution in [0.3, 0.4) is 0 Å². The second kappa shape index (κ2) is 32.2. The molecule has 0 heterocycles. The summed E-state index contributed by atoms with van der Waals surface area (Å²) in [7, 11) is 8.77. The van der Waals surface area contributed by atoms with Gasteiger partial charge in [0.25, 0.3) is 0 Å². The van der Waals surface area contributed by atoms with Crippen LogP contribution in [0.1, 0.15) is 267 Å². The Morgan fingerprint density at radius 3 is 0.853 bits per heavy atom. The summed E-state index contributed by atoms with van der Waals surface area (Å²) in [4.78, 5) is 7.54. The first-order valence-corrected chi connectivity index (χ1v) is 29.4. The van der Waals surface area contributed by atoms with Gasteiger partial charge in [-0.1, -0.05) is 139 Å². The average Bonchev–Trinajstić information content (AvgIpc) is 3.26. The van der Waals surface area contributed by atoms with Crippen LogP contribution in [-0.2, 0) is 0 Å². The molecular weight excluding hydrogens is 827 g/mol. The second-order valence-corrected chi connectivity index (χ2v) is 28.5. The fourth-order valence-electron chi connectivity index (χ4n) is 12.8. The van der Waals surface area contributed by atoms with Crippen molar-refractivity contribution in [1.82, 2.24) is 25.3 Å². The Balaban J connectivity index is 0.000000824. The van der Waals surface area contributed by atoms with Crippen molar-refractivity contribution >= 4 is 0 Å². The second-order valence-electron chi connectivity index (χ2n) is 28.5. The van der Waals surface area contributed by atoms with E-state index in [1.807, 2.05) is 0 Å². The van der Waals surface area contributed by atoms with Crippen LogP contribution in [0.25, 0.3) is 0 Å². The van der Waals surface area contributed by atoms with E-state index in [9.17, 15) is 0 Å². The summed E-state index contributed by atoms with van der Waals surface area (Å²) in [5, 5.41) is 6.93. The van der Waals surface area contributed by atoms with Gasteiger partial charge in [-0.05, 0) is 239 Å². The highest BCUT2D eigenvalue weighted by Gasteiger charge is 2.34. The highest BCUT2D eigenvalue weighted by molar-refractivity contribution is 4.87. The van der Waals surface area contributed by atoms with Gasteiger partial charge in [0, 0.05) is 30.2 Å². The average molecular weight is 961 g/mol. The van der Waals surface area contributed by atoms with Gasteiger partial charge in [0.05, 0.1) is 0 Å². The molecule has 0 amide bonds. The van der Waals surface area contributed by atoms with Gasteiger partial charge in [-0.3, -0.25) is 0 Å². The Labute approximate surface area is 432 Å². The Morgan fingerprint density at radius 1 is 0.353 bits per heavy atom. The van der Waals surface area contributed by atoms with E-state index in [0.29, 0.717) is 27.1 Å². The SMILES string of the molecule is C.CCN(C)C1CCC(C(C)(C)C)CC1.CCN(CC)C1CCC(C(C)(C)C)CC1.CCNC1CCC(C(C)(C)C)CC1.CN(C)C1CCC(C(C)(C)C)CC1.CNC1CCC(C(C)(C)C)CC1. The van der Waals surface area contributed by atoms with Crippen LogP contribution in [0, 0.1) is 56.7 Å². The van der Waals surface area contributed by atoms with E-state index in [2.05, 4.69) is 185 Å². The minimum atomic E-state index is 0. The van der Waals surface area contributed by atoms with Crippen molar-refractivity contribution in [2.45, 2.75) is 298 Å². The van der Waals surface area contributed by atoms with Gasteiger partial charge >= 0.3 is 0 Å². The lowest BCUT2D eigenvalue weighted by atomic mass is 9.71. The normalized spacial score (nSPS) is 29.7. The van der Waals surface area contributed by atoms with E-state index in [1.165, 1.54) is 148 Å². The van der Waals surface area contributed by atoms with Crippen molar-refractivity contribution in [2.24, 2.45) is 56.7 Å². The molecule has 2 N–H and O–H groups in total. The van der Waals surface area contributed by atoms with Gasteiger partial charge in [0.1, 0.15) is 0 Å². The zero-order valence-corrected chi connectivity index (χ0v) is 50.6. The molecule has 0 radical (unpaired) electrons. The molecule has 0 aliphatic heterocycles. The highest BCUT2D eigenvalue weighted by atomic mass is 15.1. The molecular formula is C63H133N5. The summed E-state index contributed by atoms with van der Waals surface area (Å²) in [6, 6.07) is 4.18. The Kier molecular flexibility index (Phi) is 32.1. The topological polar surface area (TPSA) is 33.8 Å². The van der Waals surface area contributed by atoms with Crippen LogP contribution < -0.4 is 10.6 Å². The predicted octanol–water partition coefficient (Wildman–Crippen LogP) is 17.3. The van der Waals surface area contributed by atoms with Crippen LogP contribution >= 0.6 is 0 Å². The maximum Gasteiger partial charge on any atom is 0.00952 e. The summed E-state index contributed by atoms with van der Waals surface area (Å²) < 4.78 is 0. The van der Waals surface area contributed by atoms with Crippen molar-refractivity contribution in [3.63, 3.8) is 0 Å². The molecule has 0 aromatic heterocycles. The predicted molar refractivity (Wildman–Crippen MR) is 310 cm³/mol. The number of nitrogens with one attached hydrogen (secondary N) is 2. The van der Waals surface area contributed by atoms with Gasteiger partial charge in [-0.15, -0.1) is 0 Å². The molecule has 5 aliphatic rings. The maximum atomic E-state index is 3.56. The Bertz CT molecular complexity index is 1180. The number of hydrogen-bond donors (Lipinski definition) is 2. The third-order valence-corrected chi connectivity index (χ3v) is 18.8. The van der Waals surface area contributed by atoms with Gasteiger partial charge in [-0.25, -0.2) is 0 Å². The van der Waals surface area contributed by atoms with E-state index in [4.69, 9.17) is 0 Å². The molecule has 5 aliphatic carbocycles. The van der Waals surface area contributed by atoms with Crippen molar-refractivity contribution in [3.8, 4) is 0 Å². The molecule has 0 atom stereocenters. The quantitative estimate of drug-likeness (QED) is 0.241. The van der Waals surface area contributed by atoms with Crippen molar-refractivity contribution < 1.29 is 0 Å². The van der Waals surface area contributed by atoms with E-state index in [0.717, 1.165) is 66.3 Å². The van der Waals surface area contributed by atoms with Crippen LogP contribution in [0.5, 0.6) is 0 Å². The monoisotopic (exact) mass is 960 g/mol. The van der Waals surface area contributed by atoms with Crippen LogP contribution in [0.2, 0.25) is 0 Å². The Hall–Kier alpha value is -0.200. The van der Waals surface area contributed by atoms with Gasteiger partial charge < -0.3 is 25.3 Å². The third-order valence-electron chi connectivity index (χ3n) is 18.8. The molecule has 410 valence electrons. The number of nitrogens with zero attached hydrogens (tertiary/aromatic N) is 3. The molecule has 5 heteroatoms. The number of rotatable bonds is 9. The fraction of sp³-hybridized carbons (Fsp3) is 1.00. The lowest BCUT2D eigenvalue weighted by Crippen LogP contribution is -2.39. The smallest absolute Gasteiger partial charge is 0.00952 e. The summed E-state index contributed by atoms with van der Waals surface area (Å²) in [5.41, 5.74) is 2.62. The molecule has 0 aromatic carbocycles. The zero-order chi connectivity index (χ0) is 51.4. The van der Waals surface area contributed by atoms with E-state index >= 15 is 0 Å². The molecule has 0 bridgehead atoms. The van der Waals surface area contributed by atoms with Crippen LogP contribution in [-0.4, -0.2) is 99.3 Å². The molecule has 68 heavy (non-hydrogen) atoms. The molecule has 5 rings (SSSR count). The molecule has 0 spiro atoms. The molecule has 0 unspecified atom stereocenters. The lowest BCUT2D eigenvalue weighted by Gasteiger charge is -2.40. The Morgan fingerprint density at radius 2 is 0.618 bits per heavy atom. The summed E-state index contributed by atoms with van der Waals surface area (Å²) in [6.07, 6.45) is 28.2. The van der Waals surface area contributed by atoms with Gasteiger partial charge in [-0.2, -0.15) is 0 Å². The largest absolute Gasteiger partial charge is 0.317 e.